The predicted molar refractivity (Wildman–Crippen MR) is 99.5 cm³/mol. The molecule has 1 aliphatic carbocycles. The number of rotatable bonds is 4. The van der Waals surface area contributed by atoms with E-state index in [0.717, 1.165) is 43.9 Å². The monoisotopic (exact) mass is 382 g/mol. The number of amides is 1. The van der Waals surface area contributed by atoms with Gasteiger partial charge >= 0.3 is 6.18 Å². The number of piperazine rings is 1. The molecule has 1 unspecified atom stereocenters. The summed E-state index contributed by atoms with van der Waals surface area (Å²) < 4.78 is 38.0. The molecule has 0 aromatic heterocycles. The van der Waals surface area contributed by atoms with E-state index in [-0.39, 0.29) is 11.8 Å². The number of carbonyl (C=O) groups is 1. The maximum Gasteiger partial charge on any atom is 0.416 e. The van der Waals surface area contributed by atoms with E-state index in [9.17, 15) is 18.0 Å². The lowest BCUT2D eigenvalue weighted by Crippen LogP contribution is -2.52. The molecule has 1 atom stereocenters. The molecule has 0 N–H and O–H groups in total. The number of halogens is 3. The minimum absolute atomic E-state index is 0.0869. The van der Waals surface area contributed by atoms with Crippen molar-refractivity contribution < 1.29 is 18.0 Å². The standard InChI is InChI=1S/C21H29F3N2O/c1-16(17-7-9-18(10-8-17)21(22,23)24)15-20(27)26-13-11-25(12-14-26)19-5-3-2-4-6-19/h7-10,16,19H,2-6,11-15H2,1H3. The Kier molecular flexibility index (Phi) is 6.45. The number of carbonyl (C=O) groups excluding carboxylic acids is 1. The summed E-state index contributed by atoms with van der Waals surface area (Å²) in [5.41, 5.74) is 0.126. The van der Waals surface area contributed by atoms with Crippen LogP contribution in [0.4, 0.5) is 13.2 Å². The van der Waals surface area contributed by atoms with Crippen LogP contribution in [0.1, 0.15) is 62.5 Å². The Bertz CT molecular complexity index is 615. The maximum atomic E-state index is 12.7. The number of alkyl halides is 3. The van der Waals surface area contributed by atoms with E-state index in [0.29, 0.717) is 12.5 Å². The van der Waals surface area contributed by atoms with Gasteiger partial charge in [0.1, 0.15) is 0 Å². The van der Waals surface area contributed by atoms with E-state index in [4.69, 9.17) is 0 Å². The Hall–Kier alpha value is -1.56. The molecule has 1 amide bonds. The van der Waals surface area contributed by atoms with Gasteiger partial charge in [-0.15, -0.1) is 0 Å². The van der Waals surface area contributed by atoms with Crippen molar-refractivity contribution in [3.8, 4) is 0 Å². The highest BCUT2D eigenvalue weighted by Gasteiger charge is 2.31. The molecular formula is C21H29F3N2O. The number of benzene rings is 1. The van der Waals surface area contributed by atoms with Gasteiger partial charge in [-0.2, -0.15) is 13.2 Å². The average Bonchev–Trinajstić information content (AvgIpc) is 2.68. The van der Waals surface area contributed by atoms with Gasteiger partial charge in [-0.1, -0.05) is 38.3 Å². The van der Waals surface area contributed by atoms with Crippen LogP contribution in [0.3, 0.4) is 0 Å². The second kappa shape index (κ2) is 8.63. The van der Waals surface area contributed by atoms with Crippen LogP contribution in [0.15, 0.2) is 24.3 Å². The quantitative estimate of drug-likeness (QED) is 0.755. The smallest absolute Gasteiger partial charge is 0.340 e. The third-order valence-electron chi connectivity index (χ3n) is 6.05. The van der Waals surface area contributed by atoms with E-state index in [1.807, 2.05) is 11.8 Å². The van der Waals surface area contributed by atoms with E-state index in [1.165, 1.54) is 44.2 Å². The van der Waals surface area contributed by atoms with Crippen molar-refractivity contribution in [2.45, 2.75) is 63.6 Å². The van der Waals surface area contributed by atoms with Gasteiger partial charge in [0, 0.05) is 38.6 Å². The Balaban J connectivity index is 1.48. The van der Waals surface area contributed by atoms with Gasteiger partial charge in [-0.25, -0.2) is 0 Å². The van der Waals surface area contributed by atoms with Crippen LogP contribution in [0.25, 0.3) is 0 Å². The van der Waals surface area contributed by atoms with Gasteiger partial charge in [-0.3, -0.25) is 9.69 Å². The summed E-state index contributed by atoms with van der Waals surface area (Å²) in [5, 5.41) is 0. The fourth-order valence-electron chi connectivity index (χ4n) is 4.29. The van der Waals surface area contributed by atoms with Crippen LogP contribution in [0.5, 0.6) is 0 Å². The summed E-state index contributed by atoms with van der Waals surface area (Å²) in [5.74, 6) is 0.0156. The lowest BCUT2D eigenvalue weighted by atomic mass is 9.93. The third-order valence-corrected chi connectivity index (χ3v) is 6.05. The predicted octanol–water partition coefficient (Wildman–Crippen LogP) is 4.68. The minimum atomic E-state index is -4.32. The summed E-state index contributed by atoms with van der Waals surface area (Å²) in [6, 6.07) is 5.85. The van der Waals surface area contributed by atoms with Gasteiger partial charge in [0.25, 0.3) is 0 Å². The zero-order valence-electron chi connectivity index (χ0n) is 16.0. The topological polar surface area (TPSA) is 23.6 Å². The molecule has 3 nitrogen and oxygen atoms in total. The first kappa shape index (κ1) is 20.2. The first-order valence-corrected chi connectivity index (χ1v) is 10.0. The van der Waals surface area contributed by atoms with Gasteiger partial charge in [0.15, 0.2) is 0 Å². The highest BCUT2D eigenvalue weighted by Crippen LogP contribution is 2.31. The molecular weight excluding hydrogens is 353 g/mol. The van der Waals surface area contributed by atoms with Crippen molar-refractivity contribution in [2.24, 2.45) is 0 Å². The second-order valence-electron chi connectivity index (χ2n) is 7.93. The zero-order valence-corrected chi connectivity index (χ0v) is 16.0. The van der Waals surface area contributed by atoms with E-state index in [1.54, 1.807) is 0 Å². The molecule has 0 spiro atoms. The molecule has 0 radical (unpaired) electrons. The Morgan fingerprint density at radius 3 is 2.19 bits per heavy atom. The molecule has 1 aliphatic heterocycles. The minimum Gasteiger partial charge on any atom is -0.340 e. The van der Waals surface area contributed by atoms with Gasteiger partial charge in [-0.05, 0) is 36.5 Å². The van der Waals surface area contributed by atoms with Crippen LogP contribution in [0.2, 0.25) is 0 Å². The molecule has 1 saturated heterocycles. The average molecular weight is 382 g/mol. The van der Waals surface area contributed by atoms with Crippen LogP contribution < -0.4 is 0 Å². The Morgan fingerprint density at radius 2 is 1.63 bits per heavy atom. The first-order chi connectivity index (χ1) is 12.8. The van der Waals surface area contributed by atoms with Gasteiger partial charge in [0.2, 0.25) is 5.91 Å². The zero-order chi connectivity index (χ0) is 19.4. The lowest BCUT2D eigenvalue weighted by Gasteiger charge is -2.41. The lowest BCUT2D eigenvalue weighted by molar-refractivity contribution is -0.137. The molecule has 2 fully saturated rings. The highest BCUT2D eigenvalue weighted by molar-refractivity contribution is 5.77. The van der Waals surface area contributed by atoms with Gasteiger partial charge in [0.05, 0.1) is 5.56 Å². The summed E-state index contributed by atoms with van der Waals surface area (Å²) in [6.07, 6.45) is 2.54. The van der Waals surface area contributed by atoms with Crippen molar-refractivity contribution in [3.05, 3.63) is 35.4 Å². The molecule has 6 heteroatoms. The molecule has 1 saturated carbocycles. The SMILES string of the molecule is CC(CC(=O)N1CCN(C2CCCCC2)CC1)c1ccc(C(F)(F)F)cc1. The van der Waals surface area contributed by atoms with Crippen LogP contribution in [0, 0.1) is 0 Å². The molecule has 1 heterocycles. The second-order valence-corrected chi connectivity index (χ2v) is 7.93. The summed E-state index contributed by atoms with van der Waals surface area (Å²) in [7, 11) is 0. The maximum absolute atomic E-state index is 12.7. The summed E-state index contributed by atoms with van der Waals surface area (Å²) in [4.78, 5) is 17.1. The van der Waals surface area contributed by atoms with Crippen LogP contribution in [-0.2, 0) is 11.0 Å². The molecule has 2 aliphatic rings. The van der Waals surface area contributed by atoms with E-state index >= 15 is 0 Å². The van der Waals surface area contributed by atoms with Crippen molar-refractivity contribution in [1.29, 1.82) is 0 Å². The Labute approximate surface area is 159 Å². The van der Waals surface area contributed by atoms with Crippen molar-refractivity contribution in [2.75, 3.05) is 26.2 Å². The molecule has 3 rings (SSSR count). The van der Waals surface area contributed by atoms with Crippen molar-refractivity contribution in [3.63, 3.8) is 0 Å². The summed E-state index contributed by atoms with van der Waals surface area (Å²) in [6.45, 7) is 5.29. The van der Waals surface area contributed by atoms with Crippen molar-refractivity contribution in [1.82, 2.24) is 9.80 Å². The van der Waals surface area contributed by atoms with Crippen LogP contribution >= 0.6 is 0 Å². The van der Waals surface area contributed by atoms with Gasteiger partial charge < -0.3 is 4.90 Å². The van der Waals surface area contributed by atoms with Crippen LogP contribution in [-0.4, -0.2) is 47.9 Å². The molecule has 150 valence electrons. The molecule has 0 bridgehead atoms. The molecule has 1 aromatic carbocycles. The number of hydrogen-bond donors (Lipinski definition) is 0. The number of hydrogen-bond acceptors (Lipinski definition) is 2. The molecule has 27 heavy (non-hydrogen) atoms. The van der Waals surface area contributed by atoms with E-state index < -0.39 is 11.7 Å². The highest BCUT2D eigenvalue weighted by atomic mass is 19.4. The van der Waals surface area contributed by atoms with Crippen molar-refractivity contribution >= 4 is 5.91 Å². The number of nitrogens with zero attached hydrogens (tertiary/aromatic N) is 2. The largest absolute Gasteiger partial charge is 0.416 e. The third kappa shape index (κ3) is 5.24. The summed E-state index contributed by atoms with van der Waals surface area (Å²) >= 11 is 0. The Morgan fingerprint density at radius 1 is 1.04 bits per heavy atom. The normalized spacial score (nSPS) is 21.3. The fraction of sp³-hybridized carbons (Fsp3) is 0.667. The first-order valence-electron chi connectivity index (χ1n) is 10.0. The fourth-order valence-corrected chi connectivity index (χ4v) is 4.29. The molecule has 1 aromatic rings. The van der Waals surface area contributed by atoms with E-state index in [2.05, 4.69) is 4.90 Å².